The maximum absolute atomic E-state index is 12.9. The normalized spacial score (nSPS) is 19.6. The quantitative estimate of drug-likeness (QED) is 0.0267. The van der Waals surface area contributed by atoms with Crippen LogP contribution in [0.4, 0.5) is 0 Å². The van der Waals surface area contributed by atoms with Crippen LogP contribution >= 0.6 is 0 Å². The van der Waals surface area contributed by atoms with Crippen molar-refractivity contribution in [1.29, 1.82) is 0 Å². The molecule has 0 bridgehead atoms. The molecule has 1 heterocycles. The number of esters is 1. The summed E-state index contributed by atoms with van der Waals surface area (Å²) in [6.07, 6.45) is 49.3. The second kappa shape index (κ2) is 46.8. The molecule has 0 aromatic rings. The molecule has 1 aliphatic heterocycles. The van der Waals surface area contributed by atoms with Crippen LogP contribution in [0.5, 0.6) is 0 Å². The Hall–Kier alpha value is -1.33. The first-order chi connectivity index (χ1) is 31.4. The molecule has 6 unspecified atom stereocenters. The van der Waals surface area contributed by atoms with Gasteiger partial charge in [-0.05, 0) is 64.2 Å². The first-order valence-corrected chi connectivity index (χ1v) is 27.4. The van der Waals surface area contributed by atoms with Crippen molar-refractivity contribution >= 4 is 5.97 Å². The van der Waals surface area contributed by atoms with Gasteiger partial charge in [0.05, 0.1) is 19.8 Å². The lowest BCUT2D eigenvalue weighted by atomic mass is 9.99. The van der Waals surface area contributed by atoms with Gasteiger partial charge >= 0.3 is 5.97 Å². The van der Waals surface area contributed by atoms with E-state index in [1.165, 1.54) is 205 Å². The fourth-order valence-corrected chi connectivity index (χ4v) is 8.54. The molecule has 9 heteroatoms. The second-order valence-corrected chi connectivity index (χ2v) is 19.0. The zero-order valence-corrected chi connectivity index (χ0v) is 41.8. The minimum atomic E-state index is -1.54. The summed E-state index contributed by atoms with van der Waals surface area (Å²) >= 11 is 0. The lowest BCUT2D eigenvalue weighted by Gasteiger charge is -2.39. The molecule has 6 atom stereocenters. The van der Waals surface area contributed by atoms with Crippen molar-refractivity contribution in [1.82, 2.24) is 0 Å². The molecule has 0 amide bonds. The van der Waals surface area contributed by atoms with Gasteiger partial charge < -0.3 is 39.4 Å². The van der Waals surface area contributed by atoms with Crippen LogP contribution in [0.3, 0.4) is 0 Å². The average Bonchev–Trinajstić information content (AvgIpc) is 3.30. The van der Waals surface area contributed by atoms with E-state index in [1.54, 1.807) is 0 Å². The number of aliphatic hydroxyl groups is 4. The van der Waals surface area contributed by atoms with Gasteiger partial charge in [-0.2, -0.15) is 0 Å². The summed E-state index contributed by atoms with van der Waals surface area (Å²) in [4.78, 5) is 12.9. The minimum Gasteiger partial charge on any atom is -0.457 e. The van der Waals surface area contributed by atoms with E-state index in [2.05, 4.69) is 38.2 Å². The van der Waals surface area contributed by atoms with E-state index >= 15 is 0 Å². The highest BCUT2D eigenvalue weighted by atomic mass is 16.7. The molecule has 1 aliphatic rings. The van der Waals surface area contributed by atoms with E-state index in [1.807, 2.05) is 0 Å². The molecule has 4 N–H and O–H groups in total. The van der Waals surface area contributed by atoms with Crippen molar-refractivity contribution in [2.45, 2.75) is 295 Å². The Kier molecular flexibility index (Phi) is 44.3. The molecule has 1 rings (SSSR count). The monoisotopic (exact) mass is 909 g/mol. The lowest BCUT2D eigenvalue weighted by molar-refractivity contribution is -0.305. The third-order valence-corrected chi connectivity index (χ3v) is 12.8. The van der Waals surface area contributed by atoms with Crippen molar-refractivity contribution in [3.8, 4) is 0 Å². The number of rotatable bonds is 48. The number of aliphatic hydroxyl groups excluding tert-OH is 4. The zero-order valence-electron chi connectivity index (χ0n) is 41.8. The van der Waals surface area contributed by atoms with Crippen LogP contribution in [-0.2, 0) is 23.7 Å². The Bertz CT molecular complexity index is 1040. The van der Waals surface area contributed by atoms with E-state index < -0.39 is 43.4 Å². The van der Waals surface area contributed by atoms with Gasteiger partial charge in [-0.3, -0.25) is 4.79 Å². The number of allylic oxidation sites excluding steroid dienone is 4. The summed E-state index contributed by atoms with van der Waals surface area (Å²) in [5.74, 6) is -0.312. The third-order valence-electron chi connectivity index (χ3n) is 12.8. The molecule has 64 heavy (non-hydrogen) atoms. The molecule has 0 aromatic heterocycles. The van der Waals surface area contributed by atoms with Crippen LogP contribution < -0.4 is 0 Å². The van der Waals surface area contributed by atoms with E-state index in [0.717, 1.165) is 32.1 Å². The van der Waals surface area contributed by atoms with Gasteiger partial charge in [0.25, 0.3) is 0 Å². The van der Waals surface area contributed by atoms with Crippen molar-refractivity contribution in [3.63, 3.8) is 0 Å². The number of carbonyl (C=O) groups excluding carboxylic acids is 1. The summed E-state index contributed by atoms with van der Waals surface area (Å²) in [6.45, 7) is 4.60. The first-order valence-electron chi connectivity index (χ1n) is 27.4. The third kappa shape index (κ3) is 36.7. The topological polar surface area (TPSA) is 135 Å². The summed E-state index contributed by atoms with van der Waals surface area (Å²) in [5, 5.41) is 40.3. The number of unbranched alkanes of at least 4 members (excludes halogenated alkanes) is 33. The molecular weight excluding hydrogens is 805 g/mol. The predicted molar refractivity (Wildman–Crippen MR) is 265 cm³/mol. The minimum absolute atomic E-state index is 0.111. The van der Waals surface area contributed by atoms with Gasteiger partial charge in [0.15, 0.2) is 6.29 Å². The Morgan fingerprint density at radius 2 is 0.859 bits per heavy atom. The number of ether oxygens (including phenoxy) is 4. The number of carbonyl (C=O) groups is 1. The fourth-order valence-electron chi connectivity index (χ4n) is 8.54. The number of hydrogen-bond acceptors (Lipinski definition) is 9. The van der Waals surface area contributed by atoms with E-state index in [4.69, 9.17) is 18.9 Å². The Balaban J connectivity index is 2.17. The lowest BCUT2D eigenvalue weighted by Crippen LogP contribution is -2.59. The van der Waals surface area contributed by atoms with E-state index in [9.17, 15) is 25.2 Å². The smallest absolute Gasteiger partial charge is 0.306 e. The van der Waals surface area contributed by atoms with Gasteiger partial charge in [-0.1, -0.05) is 212 Å². The Morgan fingerprint density at radius 1 is 0.484 bits per heavy atom. The van der Waals surface area contributed by atoms with E-state index in [-0.39, 0.29) is 19.2 Å². The van der Waals surface area contributed by atoms with Gasteiger partial charge in [0.1, 0.15) is 30.5 Å². The predicted octanol–water partition coefficient (Wildman–Crippen LogP) is 13.7. The molecular formula is C55H104O9. The summed E-state index contributed by atoms with van der Waals surface area (Å²) in [6, 6.07) is 0. The molecule has 0 spiro atoms. The van der Waals surface area contributed by atoms with Crippen LogP contribution in [0, 0.1) is 0 Å². The average molecular weight is 909 g/mol. The summed E-state index contributed by atoms with van der Waals surface area (Å²) in [5.41, 5.74) is 0. The van der Waals surface area contributed by atoms with Crippen LogP contribution in [-0.4, -0.2) is 89.6 Å². The van der Waals surface area contributed by atoms with Gasteiger partial charge in [0.2, 0.25) is 0 Å². The molecule has 0 aliphatic carbocycles. The SMILES string of the molecule is CCCCCCCC/C=C\CCCCCCCCCCCC(=O)OC(COCCCCCCCCCCCC/C=C\CCCCCCCCCC)COC1OC(CO)C(O)C(O)C1O. The molecule has 1 fully saturated rings. The fraction of sp³-hybridized carbons (Fsp3) is 0.909. The molecule has 0 aromatic carbocycles. The molecule has 0 saturated carbocycles. The maximum atomic E-state index is 12.9. The maximum Gasteiger partial charge on any atom is 0.306 e. The Labute approximate surface area is 394 Å². The van der Waals surface area contributed by atoms with Crippen molar-refractivity contribution in [3.05, 3.63) is 24.3 Å². The number of hydrogen-bond donors (Lipinski definition) is 4. The van der Waals surface area contributed by atoms with E-state index in [0.29, 0.717) is 13.0 Å². The highest BCUT2D eigenvalue weighted by molar-refractivity contribution is 5.69. The van der Waals surface area contributed by atoms with Crippen LogP contribution in [0.25, 0.3) is 0 Å². The standard InChI is InChI=1S/C55H104O9/c1-3-5-7-9-11-13-15-17-19-21-23-24-25-27-29-31-33-35-37-39-41-43-45-61-47-49(48-62-55-54(60)53(59)52(58)50(46-56)64-55)63-51(57)44-42-40-38-36-34-32-30-28-26-22-20-18-16-14-12-10-8-6-4-2/h18,20-21,23,49-50,52-56,58-60H,3-17,19,22,24-48H2,1-2H3/b20-18-,23-21-. The Morgan fingerprint density at radius 3 is 1.27 bits per heavy atom. The van der Waals surface area contributed by atoms with Gasteiger partial charge in [-0.25, -0.2) is 0 Å². The molecule has 0 radical (unpaired) electrons. The van der Waals surface area contributed by atoms with Crippen molar-refractivity contribution in [2.24, 2.45) is 0 Å². The highest BCUT2D eigenvalue weighted by Gasteiger charge is 2.44. The van der Waals surface area contributed by atoms with Gasteiger partial charge in [0, 0.05) is 13.0 Å². The molecule has 378 valence electrons. The second-order valence-electron chi connectivity index (χ2n) is 19.0. The van der Waals surface area contributed by atoms with Crippen LogP contribution in [0.15, 0.2) is 24.3 Å². The van der Waals surface area contributed by atoms with Crippen LogP contribution in [0.1, 0.15) is 258 Å². The van der Waals surface area contributed by atoms with Gasteiger partial charge in [-0.15, -0.1) is 0 Å². The molecule has 9 nitrogen and oxygen atoms in total. The van der Waals surface area contributed by atoms with Crippen molar-refractivity contribution < 1.29 is 44.2 Å². The summed E-state index contributed by atoms with van der Waals surface area (Å²) in [7, 11) is 0. The first kappa shape index (κ1) is 60.7. The summed E-state index contributed by atoms with van der Waals surface area (Å²) < 4.78 is 22.9. The molecule has 1 saturated heterocycles. The zero-order chi connectivity index (χ0) is 46.4. The largest absolute Gasteiger partial charge is 0.457 e. The van der Waals surface area contributed by atoms with Crippen molar-refractivity contribution in [2.75, 3.05) is 26.4 Å². The van der Waals surface area contributed by atoms with Crippen LogP contribution in [0.2, 0.25) is 0 Å². The highest BCUT2D eigenvalue weighted by Crippen LogP contribution is 2.23.